The number of carbonyl (C=O) groups excluding carboxylic acids is 2. The number of halogens is 1. The second kappa shape index (κ2) is 12.8. The summed E-state index contributed by atoms with van der Waals surface area (Å²) in [5.74, 6) is 0.420. The van der Waals surface area contributed by atoms with E-state index in [4.69, 9.17) is 16.3 Å². The Morgan fingerprint density at radius 2 is 1.62 bits per heavy atom. The summed E-state index contributed by atoms with van der Waals surface area (Å²) in [6.45, 7) is 2.80. The molecule has 178 valence electrons. The smallest absolute Gasteiger partial charge is 0.243 e. The fourth-order valence-corrected chi connectivity index (χ4v) is 3.95. The van der Waals surface area contributed by atoms with Gasteiger partial charge in [-0.2, -0.15) is 0 Å². The Morgan fingerprint density at radius 1 is 0.941 bits per heavy atom. The number of nitrogens with zero attached hydrogens (tertiary/aromatic N) is 1. The largest absolute Gasteiger partial charge is 0.497 e. The van der Waals surface area contributed by atoms with Gasteiger partial charge in [0, 0.05) is 24.5 Å². The van der Waals surface area contributed by atoms with Gasteiger partial charge in [0.2, 0.25) is 11.8 Å². The Kier molecular flexibility index (Phi) is 9.53. The van der Waals surface area contributed by atoms with Crippen LogP contribution in [0.2, 0.25) is 5.02 Å². The van der Waals surface area contributed by atoms with Crippen molar-refractivity contribution in [2.45, 2.75) is 38.8 Å². The molecule has 1 unspecified atom stereocenters. The first kappa shape index (κ1) is 25.3. The second-order valence-corrected chi connectivity index (χ2v) is 8.54. The van der Waals surface area contributed by atoms with Gasteiger partial charge in [0.1, 0.15) is 11.8 Å². The average molecular weight is 479 g/mol. The zero-order chi connectivity index (χ0) is 24.3. The van der Waals surface area contributed by atoms with Crippen molar-refractivity contribution in [3.63, 3.8) is 0 Å². The maximum Gasteiger partial charge on any atom is 0.243 e. The van der Waals surface area contributed by atoms with Crippen molar-refractivity contribution in [2.24, 2.45) is 0 Å². The Hall–Kier alpha value is -3.31. The maximum atomic E-state index is 13.7. The normalized spacial score (nSPS) is 11.5. The van der Waals surface area contributed by atoms with Crippen LogP contribution in [0.3, 0.4) is 0 Å². The van der Waals surface area contributed by atoms with Gasteiger partial charge in [-0.1, -0.05) is 79.2 Å². The van der Waals surface area contributed by atoms with E-state index in [1.165, 1.54) is 0 Å². The lowest BCUT2D eigenvalue weighted by molar-refractivity contribution is -0.140. The predicted octanol–water partition coefficient (Wildman–Crippen LogP) is 5.06. The summed E-state index contributed by atoms with van der Waals surface area (Å²) in [5.41, 5.74) is 2.64. The zero-order valence-corrected chi connectivity index (χ0v) is 20.4. The van der Waals surface area contributed by atoms with Crippen molar-refractivity contribution in [1.82, 2.24) is 10.2 Å². The van der Waals surface area contributed by atoms with E-state index in [1.54, 1.807) is 18.1 Å². The molecule has 0 heterocycles. The summed E-state index contributed by atoms with van der Waals surface area (Å²) in [6.07, 6.45) is 1.39. The first-order chi connectivity index (χ1) is 16.5. The first-order valence-electron chi connectivity index (χ1n) is 11.5. The van der Waals surface area contributed by atoms with Crippen molar-refractivity contribution in [2.75, 3.05) is 13.7 Å². The van der Waals surface area contributed by atoms with Gasteiger partial charge in [-0.25, -0.2) is 0 Å². The number of methoxy groups -OCH3 is 1. The standard InChI is InChI=1S/C28H31ClN2O3/c1-3-17-30-28(33)26(18-21-9-5-4-6-10-21)31(20-23-11-7-8-12-25(23)29)27(32)19-22-13-15-24(34-2)16-14-22/h4-16,26H,3,17-20H2,1-2H3,(H,30,33). The molecule has 0 bridgehead atoms. The van der Waals surface area contributed by atoms with E-state index in [2.05, 4.69) is 5.32 Å². The molecule has 1 atom stereocenters. The molecule has 0 spiro atoms. The summed E-state index contributed by atoms with van der Waals surface area (Å²) in [7, 11) is 1.61. The van der Waals surface area contributed by atoms with Crippen LogP contribution < -0.4 is 10.1 Å². The van der Waals surface area contributed by atoms with Gasteiger partial charge >= 0.3 is 0 Å². The minimum atomic E-state index is -0.670. The van der Waals surface area contributed by atoms with E-state index in [1.807, 2.05) is 79.7 Å². The summed E-state index contributed by atoms with van der Waals surface area (Å²) >= 11 is 6.44. The van der Waals surface area contributed by atoms with Crippen molar-refractivity contribution >= 4 is 23.4 Å². The van der Waals surface area contributed by atoms with Gasteiger partial charge in [0.25, 0.3) is 0 Å². The third kappa shape index (κ3) is 7.09. The van der Waals surface area contributed by atoms with Crippen LogP contribution in [0.5, 0.6) is 5.75 Å². The molecular formula is C28H31ClN2O3. The number of carbonyl (C=O) groups is 2. The van der Waals surface area contributed by atoms with E-state index in [9.17, 15) is 9.59 Å². The number of hydrogen-bond donors (Lipinski definition) is 1. The van der Waals surface area contributed by atoms with E-state index >= 15 is 0 Å². The topological polar surface area (TPSA) is 58.6 Å². The van der Waals surface area contributed by atoms with Crippen molar-refractivity contribution < 1.29 is 14.3 Å². The molecule has 34 heavy (non-hydrogen) atoms. The van der Waals surface area contributed by atoms with Crippen molar-refractivity contribution in [1.29, 1.82) is 0 Å². The van der Waals surface area contributed by atoms with Crippen molar-refractivity contribution in [3.05, 3.63) is 101 Å². The lowest BCUT2D eigenvalue weighted by Gasteiger charge is -2.32. The Morgan fingerprint density at radius 3 is 2.26 bits per heavy atom. The second-order valence-electron chi connectivity index (χ2n) is 8.13. The molecule has 5 nitrogen and oxygen atoms in total. The molecule has 0 aromatic heterocycles. The highest BCUT2D eigenvalue weighted by Crippen LogP contribution is 2.22. The molecule has 0 radical (unpaired) electrons. The lowest BCUT2D eigenvalue weighted by atomic mass is 10.0. The SMILES string of the molecule is CCCNC(=O)C(Cc1ccccc1)N(Cc1ccccc1Cl)C(=O)Cc1ccc(OC)cc1. The van der Waals surface area contributed by atoms with Crippen LogP contribution >= 0.6 is 11.6 Å². The van der Waals surface area contributed by atoms with E-state index < -0.39 is 6.04 Å². The number of nitrogens with one attached hydrogen (secondary N) is 1. The minimum Gasteiger partial charge on any atom is -0.497 e. The van der Waals surface area contributed by atoms with Crippen LogP contribution in [-0.4, -0.2) is 36.4 Å². The Balaban J connectivity index is 1.94. The summed E-state index contributed by atoms with van der Waals surface area (Å²) in [5, 5.41) is 3.55. The van der Waals surface area contributed by atoms with E-state index in [0.717, 1.165) is 28.9 Å². The number of benzene rings is 3. The fourth-order valence-electron chi connectivity index (χ4n) is 3.75. The summed E-state index contributed by atoms with van der Waals surface area (Å²) in [6, 6.07) is 23.9. The molecule has 0 saturated heterocycles. The molecule has 3 aromatic rings. The highest BCUT2D eigenvalue weighted by atomic mass is 35.5. The molecule has 0 saturated carbocycles. The Labute approximate surface area is 206 Å². The average Bonchev–Trinajstić information content (AvgIpc) is 2.86. The number of ether oxygens (including phenoxy) is 1. The predicted molar refractivity (Wildman–Crippen MR) is 136 cm³/mol. The van der Waals surface area contributed by atoms with E-state index in [-0.39, 0.29) is 24.8 Å². The molecule has 6 heteroatoms. The molecule has 0 fully saturated rings. The zero-order valence-electron chi connectivity index (χ0n) is 19.7. The van der Waals surface area contributed by atoms with E-state index in [0.29, 0.717) is 18.0 Å². The molecule has 0 aliphatic carbocycles. The minimum absolute atomic E-state index is 0.141. The molecule has 3 rings (SSSR count). The molecule has 0 aliphatic rings. The maximum absolute atomic E-state index is 13.7. The molecule has 2 amide bonds. The lowest BCUT2D eigenvalue weighted by Crippen LogP contribution is -2.51. The van der Waals surface area contributed by atoms with Crippen LogP contribution in [0.25, 0.3) is 0 Å². The molecule has 1 N–H and O–H groups in total. The fraction of sp³-hybridized carbons (Fsp3) is 0.286. The van der Waals surface area contributed by atoms with Crippen LogP contribution in [-0.2, 0) is 29.0 Å². The van der Waals surface area contributed by atoms with Gasteiger partial charge in [-0.05, 0) is 41.3 Å². The van der Waals surface area contributed by atoms with Gasteiger partial charge in [0.15, 0.2) is 0 Å². The van der Waals surface area contributed by atoms with Gasteiger partial charge < -0.3 is 15.0 Å². The quantitative estimate of drug-likeness (QED) is 0.419. The third-order valence-corrected chi connectivity index (χ3v) is 6.00. The van der Waals surface area contributed by atoms with Crippen molar-refractivity contribution in [3.8, 4) is 5.75 Å². The molecule has 3 aromatic carbocycles. The van der Waals surface area contributed by atoms with Gasteiger partial charge in [-0.3, -0.25) is 9.59 Å². The van der Waals surface area contributed by atoms with Crippen LogP contribution in [0, 0.1) is 0 Å². The highest BCUT2D eigenvalue weighted by molar-refractivity contribution is 6.31. The summed E-state index contributed by atoms with van der Waals surface area (Å²) < 4.78 is 5.22. The number of amides is 2. The number of hydrogen-bond acceptors (Lipinski definition) is 3. The number of rotatable bonds is 11. The monoisotopic (exact) mass is 478 g/mol. The highest BCUT2D eigenvalue weighted by Gasteiger charge is 2.30. The van der Waals surface area contributed by atoms with Gasteiger partial charge in [-0.15, -0.1) is 0 Å². The van der Waals surface area contributed by atoms with Crippen LogP contribution in [0.1, 0.15) is 30.0 Å². The van der Waals surface area contributed by atoms with Crippen LogP contribution in [0.4, 0.5) is 0 Å². The molecular weight excluding hydrogens is 448 g/mol. The first-order valence-corrected chi connectivity index (χ1v) is 11.9. The summed E-state index contributed by atoms with van der Waals surface area (Å²) in [4.78, 5) is 28.6. The third-order valence-electron chi connectivity index (χ3n) is 5.63. The molecule has 0 aliphatic heterocycles. The van der Waals surface area contributed by atoms with Gasteiger partial charge in [0.05, 0.1) is 13.5 Å². The Bertz CT molecular complexity index is 1070. The van der Waals surface area contributed by atoms with Crippen LogP contribution in [0.15, 0.2) is 78.9 Å².